The highest BCUT2D eigenvalue weighted by Crippen LogP contribution is 2.29. The van der Waals surface area contributed by atoms with Crippen molar-refractivity contribution in [3.8, 4) is 17.2 Å². The van der Waals surface area contributed by atoms with E-state index in [0.29, 0.717) is 16.7 Å². The molecule has 0 radical (unpaired) electrons. The summed E-state index contributed by atoms with van der Waals surface area (Å²) < 4.78 is 33.9. The first-order valence-corrected chi connectivity index (χ1v) is 19.6. The number of nitrogens with zero attached hydrogens (tertiary/aromatic N) is 4. The summed E-state index contributed by atoms with van der Waals surface area (Å²) in [7, 11) is 0. The summed E-state index contributed by atoms with van der Waals surface area (Å²) in [4.78, 5) is 81.1. The van der Waals surface area contributed by atoms with Crippen LogP contribution in [-0.2, 0) is 19.8 Å². The molecular weight excluding hydrogens is 837 g/mol. The van der Waals surface area contributed by atoms with Gasteiger partial charge in [0, 0.05) is 57.5 Å². The average molecular weight is 879 g/mol. The average Bonchev–Trinajstić information content (AvgIpc) is 3.29. The predicted octanol–water partition coefficient (Wildman–Crippen LogP) is 6.44. The highest BCUT2D eigenvalue weighted by molar-refractivity contribution is 5.87. The van der Waals surface area contributed by atoms with Gasteiger partial charge in [0.1, 0.15) is 19.8 Å². The smallest absolute Gasteiger partial charge is 0.414 e. The standard InChI is InChI=1S/C45H42N4O15/c50-34-16-25-59-40(37(34)62-28-31-10-4-1-5-11-31)47(43(53)54)22-19-46(20-23-48(44(55)56)41-38(35(51)17-26-60-41)63-29-32-12-6-2-7-13-32)21-24-49(45(57)58)42-39(36(52)18-27-61-42)64-30-33-14-8-3-9-15-33/h1-18,25-27H,19-24,28-30H2,(H,53,54)(H,55,56)(H,57,58). The molecular formula is C45H42N4O15. The number of benzene rings is 3. The molecule has 0 saturated heterocycles. The number of hydrogen-bond donors (Lipinski definition) is 3. The van der Waals surface area contributed by atoms with Crippen LogP contribution >= 0.6 is 0 Å². The molecule has 0 aliphatic rings. The molecule has 0 spiro atoms. The van der Waals surface area contributed by atoms with Gasteiger partial charge >= 0.3 is 18.3 Å². The number of rotatable bonds is 21. The molecule has 0 saturated carbocycles. The molecule has 3 heterocycles. The number of ether oxygens (including phenoxy) is 3. The lowest BCUT2D eigenvalue weighted by Crippen LogP contribution is -2.46. The maximum Gasteiger partial charge on any atom is 0.414 e. The van der Waals surface area contributed by atoms with Crippen LogP contribution in [0.25, 0.3) is 0 Å². The van der Waals surface area contributed by atoms with Gasteiger partial charge in [-0.2, -0.15) is 0 Å². The van der Waals surface area contributed by atoms with E-state index in [1.165, 1.54) is 4.90 Å². The normalized spacial score (nSPS) is 10.8. The number of carboxylic acid groups (broad SMARTS) is 3. The van der Waals surface area contributed by atoms with Crippen LogP contribution in [0.1, 0.15) is 16.7 Å². The summed E-state index contributed by atoms with van der Waals surface area (Å²) in [6, 6.07) is 29.6. The molecule has 0 atom stereocenters. The number of amides is 3. The molecule has 19 nitrogen and oxygen atoms in total. The number of hydrogen-bond acceptors (Lipinski definition) is 13. The van der Waals surface area contributed by atoms with E-state index in [0.717, 1.165) is 51.7 Å². The van der Waals surface area contributed by atoms with E-state index in [9.17, 15) is 44.1 Å². The molecule has 3 N–H and O–H groups in total. The zero-order valence-electron chi connectivity index (χ0n) is 34.0. The van der Waals surface area contributed by atoms with Crippen molar-refractivity contribution in [2.45, 2.75) is 19.8 Å². The van der Waals surface area contributed by atoms with Gasteiger partial charge in [0.25, 0.3) is 17.7 Å². The summed E-state index contributed by atoms with van der Waals surface area (Å²) in [6.07, 6.45) is -1.62. The van der Waals surface area contributed by atoms with Crippen molar-refractivity contribution in [2.24, 2.45) is 0 Å². The summed E-state index contributed by atoms with van der Waals surface area (Å²) in [5, 5.41) is 31.2. The van der Waals surface area contributed by atoms with E-state index in [1.54, 1.807) is 91.0 Å². The van der Waals surface area contributed by atoms with Crippen molar-refractivity contribution in [3.05, 3.63) is 175 Å². The Kier molecular flexibility index (Phi) is 15.5. The topological polar surface area (TPSA) is 243 Å². The molecule has 3 aromatic heterocycles. The van der Waals surface area contributed by atoms with E-state index in [-0.39, 0.29) is 39.5 Å². The number of carbonyl (C=O) groups is 3. The zero-order valence-corrected chi connectivity index (χ0v) is 34.0. The largest absolute Gasteiger partial charge is 0.480 e. The fraction of sp³-hybridized carbons (Fsp3) is 0.200. The van der Waals surface area contributed by atoms with Crippen LogP contribution in [0, 0.1) is 0 Å². The Labute approximate surface area is 363 Å². The second-order valence-electron chi connectivity index (χ2n) is 13.7. The molecule has 64 heavy (non-hydrogen) atoms. The minimum Gasteiger partial charge on any atom is -0.480 e. The molecule has 332 valence electrons. The molecule has 6 rings (SSSR count). The lowest BCUT2D eigenvalue weighted by Gasteiger charge is -2.29. The van der Waals surface area contributed by atoms with E-state index in [1.807, 2.05) is 0 Å². The van der Waals surface area contributed by atoms with Crippen molar-refractivity contribution < 1.29 is 57.2 Å². The van der Waals surface area contributed by atoms with Crippen LogP contribution in [0.5, 0.6) is 17.2 Å². The first-order chi connectivity index (χ1) is 31.0. The van der Waals surface area contributed by atoms with Crippen LogP contribution in [0.4, 0.5) is 32.0 Å². The zero-order chi connectivity index (χ0) is 45.4. The summed E-state index contributed by atoms with van der Waals surface area (Å²) >= 11 is 0. The van der Waals surface area contributed by atoms with Crippen LogP contribution in [-0.4, -0.2) is 77.8 Å². The van der Waals surface area contributed by atoms with E-state index in [4.69, 9.17) is 27.5 Å². The Balaban J connectivity index is 1.28. The molecule has 0 aliphatic heterocycles. The summed E-state index contributed by atoms with van der Waals surface area (Å²) in [5.74, 6) is -2.48. The first-order valence-electron chi connectivity index (χ1n) is 19.6. The maximum atomic E-state index is 13.0. The van der Waals surface area contributed by atoms with E-state index < -0.39 is 89.1 Å². The van der Waals surface area contributed by atoms with Crippen molar-refractivity contribution in [3.63, 3.8) is 0 Å². The maximum absolute atomic E-state index is 13.0. The lowest BCUT2D eigenvalue weighted by molar-refractivity contribution is 0.193. The Morgan fingerprint density at radius 2 is 0.672 bits per heavy atom. The third-order valence-electron chi connectivity index (χ3n) is 9.48. The van der Waals surface area contributed by atoms with Crippen molar-refractivity contribution in [1.82, 2.24) is 4.90 Å². The van der Waals surface area contributed by atoms with Gasteiger partial charge in [-0.1, -0.05) is 91.0 Å². The van der Waals surface area contributed by atoms with Gasteiger partial charge in [-0.05, 0) is 16.7 Å². The third kappa shape index (κ3) is 11.9. The molecule has 0 bridgehead atoms. The Bertz CT molecular complexity index is 2380. The molecule has 3 amide bonds. The Hall–Kier alpha value is -8.32. The highest BCUT2D eigenvalue weighted by Gasteiger charge is 2.29. The summed E-state index contributed by atoms with van der Waals surface area (Å²) in [6.45, 7) is -2.30. The van der Waals surface area contributed by atoms with Gasteiger partial charge in [0.05, 0.1) is 18.8 Å². The molecule has 6 aromatic rings. The highest BCUT2D eigenvalue weighted by atomic mass is 16.5. The summed E-state index contributed by atoms with van der Waals surface area (Å²) in [5.41, 5.74) is 0.0423. The first kappa shape index (κ1) is 45.2. The Morgan fingerprint density at radius 3 is 0.922 bits per heavy atom. The van der Waals surface area contributed by atoms with E-state index >= 15 is 0 Å². The third-order valence-corrected chi connectivity index (χ3v) is 9.48. The van der Waals surface area contributed by atoms with Crippen LogP contribution < -0.4 is 45.2 Å². The van der Waals surface area contributed by atoms with Gasteiger partial charge in [0.2, 0.25) is 33.5 Å². The molecule has 3 aromatic carbocycles. The molecule has 0 fully saturated rings. The molecule has 0 unspecified atom stereocenters. The van der Waals surface area contributed by atoms with Crippen LogP contribution in [0.2, 0.25) is 0 Å². The second kappa shape index (κ2) is 22.0. The number of anilines is 3. The van der Waals surface area contributed by atoms with Gasteiger partial charge in [-0.3, -0.25) is 19.3 Å². The lowest BCUT2D eigenvalue weighted by atomic mass is 10.2. The fourth-order valence-corrected chi connectivity index (χ4v) is 6.24. The van der Waals surface area contributed by atoms with Gasteiger partial charge < -0.3 is 42.8 Å². The van der Waals surface area contributed by atoms with Crippen molar-refractivity contribution in [2.75, 3.05) is 54.0 Å². The van der Waals surface area contributed by atoms with E-state index in [2.05, 4.69) is 0 Å². The van der Waals surface area contributed by atoms with Crippen molar-refractivity contribution >= 4 is 35.9 Å². The van der Waals surface area contributed by atoms with Crippen LogP contribution in [0.15, 0.2) is 156 Å². The monoisotopic (exact) mass is 878 g/mol. The second-order valence-corrected chi connectivity index (χ2v) is 13.7. The molecule has 0 aliphatic carbocycles. The van der Waals surface area contributed by atoms with Crippen molar-refractivity contribution in [1.29, 1.82) is 0 Å². The molecule has 19 heteroatoms. The minimum absolute atomic E-state index is 0.0996. The fourth-order valence-electron chi connectivity index (χ4n) is 6.24. The Morgan fingerprint density at radius 1 is 0.406 bits per heavy atom. The van der Waals surface area contributed by atoms with Gasteiger partial charge in [0.15, 0.2) is 0 Å². The quantitative estimate of drug-likeness (QED) is 0.0704. The van der Waals surface area contributed by atoms with Gasteiger partial charge in [-0.15, -0.1) is 0 Å². The minimum atomic E-state index is -1.55. The van der Waals surface area contributed by atoms with Crippen LogP contribution in [0.3, 0.4) is 0 Å². The predicted molar refractivity (Wildman–Crippen MR) is 230 cm³/mol. The SMILES string of the molecule is O=C(O)N(CCN(CCN(C(=O)O)c1occc(=O)c1OCc1ccccc1)CCN(C(=O)O)c1occc(=O)c1OCc1ccccc1)c1occc(=O)c1OCc1ccccc1. The van der Waals surface area contributed by atoms with Gasteiger partial charge in [-0.25, -0.2) is 29.1 Å².